The van der Waals surface area contributed by atoms with Crippen molar-refractivity contribution >= 4 is 47.3 Å². The summed E-state index contributed by atoms with van der Waals surface area (Å²) in [4.78, 5) is 42.8. The molecule has 2 aromatic rings. The summed E-state index contributed by atoms with van der Waals surface area (Å²) < 4.78 is 11.2. The molecule has 0 saturated heterocycles. The lowest BCUT2D eigenvalue weighted by atomic mass is 9.98. The van der Waals surface area contributed by atoms with E-state index in [1.54, 1.807) is 38.1 Å². The Hall–Kier alpha value is -3.83. The zero-order chi connectivity index (χ0) is 24.3. The number of Topliss-reactive ketones (excluding diaryl/α,β-unsaturated/α-hetero) is 1. The Kier molecular flexibility index (Phi) is 8.44. The first-order valence-corrected chi connectivity index (χ1v) is 10.1. The summed E-state index contributed by atoms with van der Waals surface area (Å²) in [5.74, 6) is -3.10. The van der Waals surface area contributed by atoms with Crippen LogP contribution in [-0.4, -0.2) is 48.9 Å². The normalized spacial score (nSPS) is 13.1. The maximum Gasteiger partial charge on any atom is 0.330 e. The van der Waals surface area contributed by atoms with Gasteiger partial charge in [0, 0.05) is 16.8 Å². The molecule has 1 amide bonds. The highest BCUT2D eigenvalue weighted by Crippen LogP contribution is 2.47. The summed E-state index contributed by atoms with van der Waals surface area (Å²) in [7, 11) is 1.20. The highest BCUT2D eigenvalue weighted by Gasteiger charge is 2.45. The van der Waals surface area contributed by atoms with Gasteiger partial charge in [-0.05, 0) is 44.2 Å². The lowest BCUT2D eigenvalue weighted by Crippen LogP contribution is -2.30. The number of hydrogen-bond acceptors (Lipinski definition) is 8. The van der Waals surface area contributed by atoms with E-state index in [4.69, 9.17) is 25.5 Å². The van der Waals surface area contributed by atoms with Gasteiger partial charge in [0.25, 0.3) is 5.78 Å². The molecule has 0 saturated carbocycles. The van der Waals surface area contributed by atoms with E-state index < -0.39 is 23.7 Å². The van der Waals surface area contributed by atoms with Gasteiger partial charge in [-0.1, -0.05) is 0 Å². The van der Waals surface area contributed by atoms with Crippen LogP contribution in [0.2, 0.25) is 0 Å². The average molecular weight is 493 g/mol. The van der Waals surface area contributed by atoms with E-state index in [9.17, 15) is 19.5 Å². The van der Waals surface area contributed by atoms with Crippen molar-refractivity contribution < 1.29 is 33.8 Å². The minimum Gasteiger partial charge on any atom is -0.490 e. The van der Waals surface area contributed by atoms with Crippen molar-refractivity contribution in [1.29, 1.82) is 5.41 Å². The monoisotopic (exact) mass is 492 g/mol. The molecule has 0 aliphatic carbocycles. The van der Waals surface area contributed by atoms with E-state index >= 15 is 0 Å². The van der Waals surface area contributed by atoms with Gasteiger partial charge >= 0.3 is 11.9 Å². The second kappa shape index (κ2) is 10.9. The molecule has 2 aromatic carbocycles. The number of carbonyl (C=O) groups excluding carboxylic acids is 2. The molecular weight excluding hydrogens is 468 g/mol. The van der Waals surface area contributed by atoms with Gasteiger partial charge < -0.3 is 25.6 Å². The van der Waals surface area contributed by atoms with Gasteiger partial charge in [-0.3, -0.25) is 19.8 Å². The molecule has 5 N–H and O–H groups in total. The third kappa shape index (κ3) is 4.75. The van der Waals surface area contributed by atoms with E-state index in [1.165, 1.54) is 13.2 Å². The summed E-state index contributed by atoms with van der Waals surface area (Å²) in [5.41, 5.74) is 6.26. The molecule has 0 fully saturated rings. The number of halogens is 1. The zero-order valence-electron chi connectivity index (χ0n) is 18.7. The van der Waals surface area contributed by atoms with Crippen LogP contribution in [0.3, 0.4) is 0 Å². The van der Waals surface area contributed by atoms with Crippen LogP contribution in [0.15, 0.2) is 30.3 Å². The summed E-state index contributed by atoms with van der Waals surface area (Å²) in [6, 6.07) is 6.28. The summed E-state index contributed by atoms with van der Waals surface area (Å²) in [6.45, 7) is 3.83. The van der Waals surface area contributed by atoms with Gasteiger partial charge in [0.05, 0.1) is 26.0 Å². The number of hydroxylamine groups is 1. The molecule has 0 aromatic heterocycles. The van der Waals surface area contributed by atoms with Crippen molar-refractivity contribution in [2.75, 3.05) is 30.7 Å². The second-order valence-electron chi connectivity index (χ2n) is 6.90. The molecule has 12 heteroatoms. The third-order valence-electron chi connectivity index (χ3n) is 4.89. The Morgan fingerprint density at radius 2 is 1.79 bits per heavy atom. The SMILES string of the molecule is CCOc1cc(C(Nc2ccc(C(=N)N)cc2)C(=O)O)c2c(c1OCC)C(=O)C(=O)N2OC.Cl. The van der Waals surface area contributed by atoms with Crippen molar-refractivity contribution in [3.8, 4) is 11.5 Å². The van der Waals surface area contributed by atoms with E-state index in [0.717, 1.165) is 5.06 Å². The number of benzene rings is 2. The zero-order valence-corrected chi connectivity index (χ0v) is 19.5. The van der Waals surface area contributed by atoms with Crippen LogP contribution in [0.4, 0.5) is 11.4 Å². The molecule has 1 heterocycles. The minimum atomic E-state index is -1.40. The number of carbonyl (C=O) groups is 3. The highest BCUT2D eigenvalue weighted by molar-refractivity contribution is 6.52. The van der Waals surface area contributed by atoms with Crippen molar-refractivity contribution in [3.63, 3.8) is 0 Å². The molecule has 34 heavy (non-hydrogen) atoms. The number of carboxylic acids is 1. The maximum absolute atomic E-state index is 12.8. The Labute approximate surface area is 201 Å². The number of amidine groups is 1. The number of fused-ring (bicyclic) bond motifs is 1. The first-order valence-electron chi connectivity index (χ1n) is 10.1. The first kappa shape index (κ1) is 26.4. The van der Waals surface area contributed by atoms with Gasteiger partial charge in [-0.15, -0.1) is 12.4 Å². The summed E-state index contributed by atoms with van der Waals surface area (Å²) in [6.07, 6.45) is 0. The number of ether oxygens (including phenoxy) is 2. The number of carboxylic acid groups (broad SMARTS) is 1. The fraction of sp³-hybridized carbons (Fsp3) is 0.273. The third-order valence-corrected chi connectivity index (χ3v) is 4.89. The number of hydrogen-bond donors (Lipinski definition) is 4. The molecule has 1 aliphatic rings. The number of anilines is 2. The smallest absolute Gasteiger partial charge is 0.330 e. The van der Waals surface area contributed by atoms with Crippen LogP contribution in [0, 0.1) is 5.41 Å². The van der Waals surface area contributed by atoms with Crippen molar-refractivity contribution in [2.45, 2.75) is 19.9 Å². The minimum absolute atomic E-state index is 0. The number of nitrogens with one attached hydrogen (secondary N) is 2. The molecule has 3 rings (SSSR count). The van der Waals surface area contributed by atoms with Crippen LogP contribution < -0.4 is 25.6 Å². The highest BCUT2D eigenvalue weighted by atomic mass is 35.5. The number of amides is 1. The number of ketones is 1. The molecule has 0 spiro atoms. The van der Waals surface area contributed by atoms with Crippen LogP contribution in [0.5, 0.6) is 11.5 Å². The Morgan fingerprint density at radius 1 is 1.18 bits per heavy atom. The molecule has 1 aliphatic heterocycles. The van der Waals surface area contributed by atoms with Crippen molar-refractivity contribution in [1.82, 2.24) is 0 Å². The van der Waals surface area contributed by atoms with Gasteiger partial charge in [0.15, 0.2) is 17.5 Å². The van der Waals surface area contributed by atoms with Crippen LogP contribution >= 0.6 is 12.4 Å². The van der Waals surface area contributed by atoms with Gasteiger partial charge in [0.1, 0.15) is 11.4 Å². The molecule has 182 valence electrons. The number of aliphatic carboxylic acids is 1. The largest absolute Gasteiger partial charge is 0.490 e. The van der Waals surface area contributed by atoms with Crippen LogP contribution in [0.1, 0.15) is 41.4 Å². The van der Waals surface area contributed by atoms with E-state index in [0.29, 0.717) is 11.3 Å². The number of nitrogen functional groups attached to an aromatic ring is 1. The van der Waals surface area contributed by atoms with Crippen LogP contribution in [-0.2, 0) is 14.4 Å². The predicted octanol–water partition coefficient (Wildman–Crippen LogP) is 2.52. The summed E-state index contributed by atoms with van der Waals surface area (Å²) >= 11 is 0. The van der Waals surface area contributed by atoms with E-state index in [1.807, 2.05) is 0 Å². The van der Waals surface area contributed by atoms with Crippen LogP contribution in [0.25, 0.3) is 0 Å². The second-order valence-corrected chi connectivity index (χ2v) is 6.90. The number of nitrogens with two attached hydrogens (primary N) is 1. The number of rotatable bonds is 10. The molecule has 1 atom stereocenters. The quantitative estimate of drug-likeness (QED) is 0.221. The topological polar surface area (TPSA) is 164 Å². The predicted molar refractivity (Wildman–Crippen MR) is 126 cm³/mol. The van der Waals surface area contributed by atoms with Gasteiger partial charge in [0.2, 0.25) is 0 Å². The Morgan fingerprint density at radius 3 is 2.29 bits per heavy atom. The van der Waals surface area contributed by atoms with E-state index in [2.05, 4.69) is 5.32 Å². The molecule has 0 radical (unpaired) electrons. The first-order chi connectivity index (χ1) is 15.7. The molecule has 0 bridgehead atoms. The van der Waals surface area contributed by atoms with Crippen molar-refractivity contribution in [2.24, 2.45) is 5.73 Å². The van der Waals surface area contributed by atoms with E-state index in [-0.39, 0.29) is 59.8 Å². The lowest BCUT2D eigenvalue weighted by molar-refractivity contribution is -0.138. The Bertz CT molecular complexity index is 1120. The van der Waals surface area contributed by atoms with Crippen molar-refractivity contribution in [3.05, 3.63) is 47.0 Å². The lowest BCUT2D eigenvalue weighted by Gasteiger charge is -2.24. The molecule has 1 unspecified atom stereocenters. The Balaban J connectivity index is 0.00000408. The van der Waals surface area contributed by atoms with Gasteiger partial charge in [-0.2, -0.15) is 5.06 Å². The maximum atomic E-state index is 12.8. The van der Waals surface area contributed by atoms with Gasteiger partial charge in [-0.25, -0.2) is 4.79 Å². The standard InChI is InChI=1S/C22H24N4O7.ClH/c1-4-32-14-10-13(16(22(29)30)25-12-8-6-11(7-9-12)20(23)24)17-15(19(14)33-5-2)18(27)21(28)26(17)31-3;/h6-10,16,25H,4-5H2,1-3H3,(H3,23,24)(H,29,30);1H. The summed E-state index contributed by atoms with van der Waals surface area (Å²) in [5, 5.41) is 21.1. The average Bonchev–Trinajstić information content (AvgIpc) is 3.04. The fourth-order valence-electron chi connectivity index (χ4n) is 3.51. The fourth-order valence-corrected chi connectivity index (χ4v) is 3.51. The molecular formula is C22H25ClN4O7. The molecule has 11 nitrogen and oxygen atoms in total. The number of nitrogens with zero attached hydrogens (tertiary/aromatic N) is 1.